The lowest BCUT2D eigenvalue weighted by molar-refractivity contribution is -0.00944. The SMILES string of the molecule is O=C(O)N1CC2(C1)CN(c1cncc(Br)c1)C2. The number of aromatic nitrogens is 1. The van der Waals surface area contributed by atoms with Crippen LogP contribution in [-0.4, -0.2) is 47.3 Å². The molecule has 2 saturated heterocycles. The van der Waals surface area contributed by atoms with E-state index >= 15 is 0 Å². The number of hydrogen-bond acceptors (Lipinski definition) is 3. The second kappa shape index (κ2) is 3.60. The Bertz CT molecular complexity index is 466. The Labute approximate surface area is 107 Å². The number of likely N-dealkylation sites (tertiary alicyclic amines) is 1. The average Bonchev–Trinajstić information content (AvgIpc) is 2.12. The third-order valence-electron chi connectivity index (χ3n) is 3.43. The summed E-state index contributed by atoms with van der Waals surface area (Å²) >= 11 is 3.40. The number of nitrogens with zero attached hydrogens (tertiary/aromatic N) is 3. The highest BCUT2D eigenvalue weighted by Gasteiger charge is 2.53. The zero-order valence-corrected chi connectivity index (χ0v) is 10.7. The summed E-state index contributed by atoms with van der Waals surface area (Å²) in [6.45, 7) is 3.18. The summed E-state index contributed by atoms with van der Waals surface area (Å²) in [6, 6.07) is 2.04. The van der Waals surface area contributed by atoms with E-state index in [1.807, 2.05) is 12.3 Å². The highest BCUT2D eigenvalue weighted by molar-refractivity contribution is 9.10. The van der Waals surface area contributed by atoms with Crippen LogP contribution >= 0.6 is 15.9 Å². The number of pyridine rings is 1. The Hall–Kier alpha value is -1.30. The smallest absolute Gasteiger partial charge is 0.407 e. The van der Waals surface area contributed by atoms with Crippen molar-refractivity contribution >= 4 is 27.7 Å². The Morgan fingerprint density at radius 3 is 2.65 bits per heavy atom. The summed E-state index contributed by atoms with van der Waals surface area (Å²) in [5, 5.41) is 8.80. The van der Waals surface area contributed by atoms with Crippen molar-refractivity contribution in [2.24, 2.45) is 5.41 Å². The molecule has 90 valence electrons. The highest BCUT2D eigenvalue weighted by atomic mass is 79.9. The fourth-order valence-electron chi connectivity index (χ4n) is 2.62. The summed E-state index contributed by atoms with van der Waals surface area (Å²) in [7, 11) is 0. The molecule has 1 aromatic rings. The van der Waals surface area contributed by atoms with Gasteiger partial charge in [-0.1, -0.05) is 0 Å². The van der Waals surface area contributed by atoms with E-state index in [0.29, 0.717) is 13.1 Å². The largest absolute Gasteiger partial charge is 0.465 e. The monoisotopic (exact) mass is 297 g/mol. The molecule has 0 bridgehead atoms. The molecule has 17 heavy (non-hydrogen) atoms. The molecule has 0 unspecified atom stereocenters. The van der Waals surface area contributed by atoms with Crippen molar-refractivity contribution in [1.29, 1.82) is 0 Å². The van der Waals surface area contributed by atoms with Crippen LogP contribution in [0.4, 0.5) is 10.5 Å². The van der Waals surface area contributed by atoms with Gasteiger partial charge >= 0.3 is 6.09 Å². The highest BCUT2D eigenvalue weighted by Crippen LogP contribution is 2.41. The lowest BCUT2D eigenvalue weighted by Gasteiger charge is -2.60. The average molecular weight is 298 g/mol. The lowest BCUT2D eigenvalue weighted by atomic mass is 9.73. The van der Waals surface area contributed by atoms with Gasteiger partial charge < -0.3 is 14.9 Å². The summed E-state index contributed by atoms with van der Waals surface area (Å²) in [5.41, 5.74) is 1.29. The van der Waals surface area contributed by atoms with Crippen molar-refractivity contribution in [2.45, 2.75) is 0 Å². The summed E-state index contributed by atoms with van der Waals surface area (Å²) in [4.78, 5) is 18.5. The lowest BCUT2D eigenvalue weighted by Crippen LogP contribution is -2.73. The van der Waals surface area contributed by atoms with Gasteiger partial charge in [0.15, 0.2) is 0 Å². The van der Waals surface area contributed by atoms with Gasteiger partial charge in [-0.3, -0.25) is 4.98 Å². The quantitative estimate of drug-likeness (QED) is 0.856. The first kappa shape index (κ1) is 10.8. The molecule has 0 aliphatic carbocycles. The van der Waals surface area contributed by atoms with Gasteiger partial charge in [-0.15, -0.1) is 0 Å². The molecule has 6 heteroatoms. The maximum atomic E-state index is 10.7. The predicted molar refractivity (Wildman–Crippen MR) is 66.2 cm³/mol. The van der Waals surface area contributed by atoms with Gasteiger partial charge in [0.2, 0.25) is 0 Å². The number of hydrogen-bond donors (Lipinski definition) is 1. The normalized spacial score (nSPS) is 21.0. The van der Waals surface area contributed by atoms with E-state index in [0.717, 1.165) is 23.2 Å². The first-order valence-electron chi connectivity index (χ1n) is 5.41. The minimum atomic E-state index is -0.807. The molecule has 0 atom stereocenters. The minimum absolute atomic E-state index is 0.195. The standard InChI is InChI=1S/C11H12BrN3O2/c12-8-1-9(3-13-2-8)14-4-11(5-14)6-15(7-11)10(16)17/h1-3H,4-7H2,(H,16,17). The van der Waals surface area contributed by atoms with Crippen LogP contribution in [0.25, 0.3) is 0 Å². The topological polar surface area (TPSA) is 56.7 Å². The maximum absolute atomic E-state index is 10.7. The summed E-state index contributed by atoms with van der Waals surface area (Å²) in [5.74, 6) is 0. The van der Waals surface area contributed by atoms with E-state index in [9.17, 15) is 4.79 Å². The van der Waals surface area contributed by atoms with Crippen LogP contribution in [0, 0.1) is 5.41 Å². The Morgan fingerprint density at radius 2 is 2.06 bits per heavy atom. The fraction of sp³-hybridized carbons (Fsp3) is 0.455. The van der Waals surface area contributed by atoms with E-state index in [1.165, 1.54) is 4.90 Å². The molecule has 1 spiro atoms. The number of rotatable bonds is 1. The maximum Gasteiger partial charge on any atom is 0.407 e. The number of carbonyl (C=O) groups is 1. The molecule has 0 saturated carbocycles. The van der Waals surface area contributed by atoms with E-state index in [2.05, 4.69) is 25.8 Å². The number of anilines is 1. The summed E-state index contributed by atoms with van der Waals surface area (Å²) in [6.07, 6.45) is 2.79. The number of halogens is 1. The second-order valence-corrected chi connectivity index (χ2v) is 5.77. The van der Waals surface area contributed by atoms with Crippen molar-refractivity contribution in [3.63, 3.8) is 0 Å². The van der Waals surface area contributed by atoms with Crippen LogP contribution in [0.15, 0.2) is 22.9 Å². The number of carboxylic acid groups (broad SMARTS) is 1. The van der Waals surface area contributed by atoms with Crippen molar-refractivity contribution in [2.75, 3.05) is 31.1 Å². The van der Waals surface area contributed by atoms with Gasteiger partial charge in [0.05, 0.1) is 11.9 Å². The molecule has 2 aliphatic heterocycles. The summed E-state index contributed by atoms with van der Waals surface area (Å²) < 4.78 is 0.969. The van der Waals surface area contributed by atoms with Crippen LogP contribution in [0.2, 0.25) is 0 Å². The Morgan fingerprint density at radius 1 is 1.35 bits per heavy atom. The third-order valence-corrected chi connectivity index (χ3v) is 3.86. The van der Waals surface area contributed by atoms with Crippen molar-refractivity contribution in [3.05, 3.63) is 22.9 Å². The molecular formula is C11H12BrN3O2. The molecule has 0 aromatic carbocycles. The Kier molecular flexibility index (Phi) is 2.29. The van der Waals surface area contributed by atoms with Crippen LogP contribution in [0.3, 0.4) is 0 Å². The second-order valence-electron chi connectivity index (χ2n) is 4.86. The van der Waals surface area contributed by atoms with E-state index in [-0.39, 0.29) is 5.41 Å². The molecule has 5 nitrogen and oxygen atoms in total. The first-order chi connectivity index (χ1) is 8.08. The molecule has 1 N–H and O–H groups in total. The molecule has 2 aliphatic rings. The molecule has 3 heterocycles. The molecule has 2 fully saturated rings. The molecular weight excluding hydrogens is 286 g/mol. The van der Waals surface area contributed by atoms with Gasteiger partial charge in [0.1, 0.15) is 0 Å². The zero-order chi connectivity index (χ0) is 12.0. The van der Waals surface area contributed by atoms with Crippen molar-refractivity contribution in [1.82, 2.24) is 9.88 Å². The predicted octanol–water partition coefficient (Wildman–Crippen LogP) is 1.64. The van der Waals surface area contributed by atoms with Crippen molar-refractivity contribution in [3.8, 4) is 0 Å². The Balaban J connectivity index is 1.61. The van der Waals surface area contributed by atoms with Crippen LogP contribution in [-0.2, 0) is 0 Å². The van der Waals surface area contributed by atoms with Gasteiger partial charge in [0.25, 0.3) is 0 Å². The molecule has 3 rings (SSSR count). The van der Waals surface area contributed by atoms with E-state index < -0.39 is 6.09 Å². The van der Waals surface area contributed by atoms with Crippen LogP contribution < -0.4 is 4.90 Å². The van der Waals surface area contributed by atoms with Crippen molar-refractivity contribution < 1.29 is 9.90 Å². The van der Waals surface area contributed by atoms with Gasteiger partial charge in [0, 0.05) is 42.3 Å². The van der Waals surface area contributed by atoms with E-state index in [1.54, 1.807) is 6.20 Å². The van der Waals surface area contributed by atoms with E-state index in [4.69, 9.17) is 5.11 Å². The van der Waals surface area contributed by atoms with Crippen LogP contribution in [0.1, 0.15) is 0 Å². The third kappa shape index (κ3) is 1.76. The molecule has 1 amide bonds. The first-order valence-corrected chi connectivity index (χ1v) is 6.21. The zero-order valence-electron chi connectivity index (χ0n) is 9.14. The van der Waals surface area contributed by atoms with Gasteiger partial charge in [-0.05, 0) is 22.0 Å². The minimum Gasteiger partial charge on any atom is -0.465 e. The van der Waals surface area contributed by atoms with Gasteiger partial charge in [-0.2, -0.15) is 0 Å². The van der Waals surface area contributed by atoms with Crippen LogP contribution in [0.5, 0.6) is 0 Å². The molecule has 0 radical (unpaired) electrons. The van der Waals surface area contributed by atoms with Gasteiger partial charge in [-0.25, -0.2) is 4.79 Å². The fourth-order valence-corrected chi connectivity index (χ4v) is 2.97. The number of amides is 1. The molecule has 1 aromatic heterocycles.